The van der Waals surface area contributed by atoms with Gasteiger partial charge in [0.2, 0.25) is 5.91 Å². The van der Waals surface area contributed by atoms with Gasteiger partial charge >= 0.3 is 0 Å². The van der Waals surface area contributed by atoms with E-state index < -0.39 is 0 Å². The maximum absolute atomic E-state index is 12.7. The van der Waals surface area contributed by atoms with Crippen molar-refractivity contribution in [3.8, 4) is 0 Å². The highest BCUT2D eigenvalue weighted by Gasteiger charge is 2.17. The minimum atomic E-state index is 0.113. The Labute approximate surface area is 144 Å². The van der Waals surface area contributed by atoms with Gasteiger partial charge in [0.05, 0.1) is 11.4 Å². The molecule has 0 radical (unpaired) electrons. The number of amides is 1. The summed E-state index contributed by atoms with van der Waals surface area (Å²) in [5, 5.41) is 4.27. The first-order chi connectivity index (χ1) is 11.2. The number of thioether (sulfide) groups is 1. The number of rotatable bonds is 5. The third-order valence-corrected chi connectivity index (χ3v) is 5.72. The molecule has 23 heavy (non-hydrogen) atoms. The van der Waals surface area contributed by atoms with Gasteiger partial charge in [-0.3, -0.25) is 4.79 Å². The number of carbonyl (C=O) groups is 1. The van der Waals surface area contributed by atoms with Crippen molar-refractivity contribution in [1.29, 1.82) is 0 Å². The van der Waals surface area contributed by atoms with E-state index in [1.54, 1.807) is 11.3 Å². The number of thiazole rings is 1. The van der Waals surface area contributed by atoms with Crippen molar-refractivity contribution in [3.05, 3.63) is 53.5 Å². The quantitative estimate of drug-likeness (QED) is 0.627. The second-order valence-electron chi connectivity index (χ2n) is 5.18. The second kappa shape index (κ2) is 7.15. The third kappa shape index (κ3) is 3.57. The zero-order valence-corrected chi connectivity index (χ0v) is 14.8. The first kappa shape index (κ1) is 16.0. The summed E-state index contributed by atoms with van der Waals surface area (Å²) < 4.78 is 0.949. The molecule has 3 rings (SSSR count). The summed E-state index contributed by atoms with van der Waals surface area (Å²) in [4.78, 5) is 18.9. The maximum atomic E-state index is 12.7. The van der Waals surface area contributed by atoms with Gasteiger partial charge in [-0.2, -0.15) is 0 Å². The molecular weight excluding hydrogens is 324 g/mol. The fourth-order valence-corrected chi connectivity index (χ4v) is 4.25. The van der Waals surface area contributed by atoms with Crippen LogP contribution in [0.5, 0.6) is 0 Å². The van der Waals surface area contributed by atoms with Crippen LogP contribution in [0.25, 0.3) is 10.8 Å². The Hall–Kier alpha value is -1.85. The van der Waals surface area contributed by atoms with Crippen molar-refractivity contribution >= 4 is 45.5 Å². The van der Waals surface area contributed by atoms with Gasteiger partial charge in [-0.25, -0.2) is 4.98 Å². The minimum Gasteiger partial charge on any atom is -0.311 e. The largest absolute Gasteiger partial charge is 0.311 e. The second-order valence-corrected chi connectivity index (χ2v) is 7.26. The molecule has 1 heterocycles. The normalized spacial score (nSPS) is 10.9. The third-order valence-electron chi connectivity index (χ3n) is 3.59. The Kier molecular flexibility index (Phi) is 4.98. The van der Waals surface area contributed by atoms with Crippen LogP contribution in [0.2, 0.25) is 0 Å². The molecule has 0 saturated heterocycles. The topological polar surface area (TPSA) is 33.2 Å². The lowest BCUT2D eigenvalue weighted by atomic mass is 10.1. The van der Waals surface area contributed by atoms with Gasteiger partial charge in [-0.15, -0.1) is 11.3 Å². The SMILES string of the molecule is CCN(C(=O)CSc1nc(C)cs1)c1cccc2ccccc12. The summed E-state index contributed by atoms with van der Waals surface area (Å²) in [5.41, 5.74) is 1.98. The van der Waals surface area contributed by atoms with E-state index in [9.17, 15) is 4.79 Å². The molecular formula is C18H18N2OS2. The van der Waals surface area contributed by atoms with Crippen molar-refractivity contribution in [2.45, 2.75) is 18.2 Å². The van der Waals surface area contributed by atoms with E-state index in [0.717, 1.165) is 26.5 Å². The Morgan fingerprint density at radius 3 is 2.74 bits per heavy atom. The molecule has 0 aliphatic carbocycles. The smallest absolute Gasteiger partial charge is 0.237 e. The molecule has 118 valence electrons. The summed E-state index contributed by atoms with van der Waals surface area (Å²) in [5.74, 6) is 0.519. The van der Waals surface area contributed by atoms with Crippen LogP contribution in [0.1, 0.15) is 12.6 Å². The molecule has 0 atom stereocenters. The highest BCUT2D eigenvalue weighted by molar-refractivity contribution is 8.01. The molecule has 0 aliphatic rings. The van der Waals surface area contributed by atoms with Crippen molar-refractivity contribution < 1.29 is 4.79 Å². The van der Waals surface area contributed by atoms with E-state index in [2.05, 4.69) is 23.2 Å². The molecule has 0 spiro atoms. The number of nitrogens with zero attached hydrogens (tertiary/aromatic N) is 2. The highest BCUT2D eigenvalue weighted by atomic mass is 32.2. The summed E-state index contributed by atoms with van der Waals surface area (Å²) in [6, 6.07) is 14.3. The van der Waals surface area contributed by atoms with Crippen molar-refractivity contribution in [2.24, 2.45) is 0 Å². The minimum absolute atomic E-state index is 0.113. The van der Waals surface area contributed by atoms with Crippen LogP contribution >= 0.6 is 23.1 Å². The molecule has 0 aliphatic heterocycles. The van der Waals surface area contributed by atoms with Crippen LogP contribution in [0.4, 0.5) is 5.69 Å². The van der Waals surface area contributed by atoms with Gasteiger partial charge < -0.3 is 4.90 Å². The summed E-state index contributed by atoms with van der Waals surface area (Å²) in [7, 11) is 0. The number of carbonyl (C=O) groups excluding carboxylic acids is 1. The Bertz CT molecular complexity index is 823. The van der Waals surface area contributed by atoms with E-state index in [1.165, 1.54) is 11.8 Å². The zero-order valence-electron chi connectivity index (χ0n) is 13.2. The van der Waals surface area contributed by atoms with Crippen LogP contribution in [0.15, 0.2) is 52.2 Å². The Balaban J connectivity index is 1.82. The Morgan fingerprint density at radius 1 is 1.22 bits per heavy atom. The number of fused-ring (bicyclic) bond motifs is 1. The van der Waals surface area contributed by atoms with E-state index in [-0.39, 0.29) is 5.91 Å². The molecule has 1 amide bonds. The molecule has 5 heteroatoms. The molecule has 2 aromatic carbocycles. The predicted molar refractivity (Wildman–Crippen MR) is 99.6 cm³/mol. The molecule has 0 fully saturated rings. The van der Waals surface area contributed by atoms with Gasteiger partial charge in [0.25, 0.3) is 0 Å². The van der Waals surface area contributed by atoms with Crippen molar-refractivity contribution in [1.82, 2.24) is 4.98 Å². The van der Waals surface area contributed by atoms with Crippen LogP contribution < -0.4 is 4.90 Å². The Morgan fingerprint density at radius 2 is 2.00 bits per heavy atom. The van der Waals surface area contributed by atoms with Crippen LogP contribution in [-0.2, 0) is 4.79 Å². The van der Waals surface area contributed by atoms with Gasteiger partial charge in [-0.05, 0) is 25.3 Å². The molecule has 3 aromatic rings. The fraction of sp³-hybridized carbons (Fsp3) is 0.222. The highest BCUT2D eigenvalue weighted by Crippen LogP contribution is 2.28. The van der Waals surface area contributed by atoms with Gasteiger partial charge in [0.1, 0.15) is 0 Å². The van der Waals surface area contributed by atoms with E-state index in [1.807, 2.05) is 48.4 Å². The summed E-state index contributed by atoms with van der Waals surface area (Å²) in [6.45, 7) is 4.64. The van der Waals surface area contributed by atoms with E-state index >= 15 is 0 Å². The molecule has 1 aromatic heterocycles. The van der Waals surface area contributed by atoms with Crippen LogP contribution in [0.3, 0.4) is 0 Å². The van der Waals surface area contributed by atoms with E-state index in [0.29, 0.717) is 12.3 Å². The lowest BCUT2D eigenvalue weighted by Crippen LogP contribution is -2.32. The standard InChI is InChI=1S/C18H18N2OS2/c1-3-20(17(21)12-23-18-19-13(2)11-22-18)16-10-6-8-14-7-4-5-9-15(14)16/h4-11H,3,12H2,1-2H3. The average molecular weight is 342 g/mol. The van der Waals surface area contributed by atoms with Crippen LogP contribution in [-0.4, -0.2) is 23.2 Å². The number of aryl methyl sites for hydroxylation is 1. The number of anilines is 1. The number of aromatic nitrogens is 1. The number of hydrogen-bond acceptors (Lipinski definition) is 4. The zero-order chi connectivity index (χ0) is 16.2. The molecule has 0 unspecified atom stereocenters. The fourth-order valence-electron chi connectivity index (χ4n) is 2.52. The molecule has 0 N–H and O–H groups in total. The lowest BCUT2D eigenvalue weighted by molar-refractivity contribution is -0.116. The van der Waals surface area contributed by atoms with Crippen molar-refractivity contribution in [3.63, 3.8) is 0 Å². The maximum Gasteiger partial charge on any atom is 0.237 e. The van der Waals surface area contributed by atoms with E-state index in [4.69, 9.17) is 0 Å². The van der Waals surface area contributed by atoms with Crippen molar-refractivity contribution in [2.75, 3.05) is 17.2 Å². The monoisotopic (exact) mass is 342 g/mol. The average Bonchev–Trinajstić information content (AvgIpc) is 2.99. The van der Waals surface area contributed by atoms with Crippen LogP contribution in [0, 0.1) is 6.92 Å². The predicted octanol–water partition coefficient (Wildman–Crippen LogP) is 4.75. The van der Waals surface area contributed by atoms with Gasteiger partial charge in [0, 0.05) is 23.0 Å². The number of hydrogen-bond donors (Lipinski definition) is 0. The first-order valence-corrected chi connectivity index (χ1v) is 9.38. The lowest BCUT2D eigenvalue weighted by Gasteiger charge is -2.22. The number of benzene rings is 2. The molecule has 0 saturated carbocycles. The summed E-state index contributed by atoms with van der Waals surface area (Å²) >= 11 is 3.10. The summed E-state index contributed by atoms with van der Waals surface area (Å²) in [6.07, 6.45) is 0. The first-order valence-electron chi connectivity index (χ1n) is 7.52. The van der Waals surface area contributed by atoms with Gasteiger partial charge in [0.15, 0.2) is 4.34 Å². The molecule has 0 bridgehead atoms. The van der Waals surface area contributed by atoms with Gasteiger partial charge in [-0.1, -0.05) is 48.2 Å². The molecule has 3 nitrogen and oxygen atoms in total.